The van der Waals surface area contributed by atoms with Gasteiger partial charge in [-0.05, 0) is 45.0 Å². The Bertz CT molecular complexity index is 1220. The second-order valence-corrected chi connectivity index (χ2v) is 6.86. The number of aromatic amines is 1. The molecule has 30 heavy (non-hydrogen) atoms. The van der Waals surface area contributed by atoms with Gasteiger partial charge in [0, 0.05) is 6.20 Å². The number of fused-ring (bicyclic) bond motifs is 1. The zero-order valence-electron chi connectivity index (χ0n) is 16.6. The van der Waals surface area contributed by atoms with E-state index in [0.717, 1.165) is 5.69 Å². The van der Waals surface area contributed by atoms with Crippen molar-refractivity contribution in [2.75, 3.05) is 5.32 Å². The Labute approximate surface area is 170 Å². The maximum Gasteiger partial charge on any atom is 0.274 e. The van der Waals surface area contributed by atoms with Gasteiger partial charge < -0.3 is 10.1 Å². The fourth-order valence-corrected chi connectivity index (χ4v) is 3.27. The second-order valence-electron chi connectivity index (χ2n) is 6.86. The molecule has 3 aromatic heterocycles. The molecule has 0 spiro atoms. The standard InChI is InChI=1S/C21H19F2N5O2/c1-11-18(12(2)27-26-11)25-21(29)19-13(3)24-20-17(8-5-9-28(19)20)30-10-14-15(22)6-4-7-16(14)23/h4-9H,10H2,1-3H3,(H,25,29)(H,26,27). The summed E-state index contributed by atoms with van der Waals surface area (Å²) < 4.78 is 35.0. The van der Waals surface area contributed by atoms with Gasteiger partial charge in [-0.1, -0.05) is 6.07 Å². The third kappa shape index (κ3) is 3.38. The smallest absolute Gasteiger partial charge is 0.274 e. The lowest BCUT2D eigenvalue weighted by Gasteiger charge is -2.10. The molecule has 0 bridgehead atoms. The second kappa shape index (κ2) is 7.58. The van der Waals surface area contributed by atoms with Crippen LogP contribution < -0.4 is 10.1 Å². The summed E-state index contributed by atoms with van der Waals surface area (Å²) in [6.07, 6.45) is 1.68. The Kier molecular flexibility index (Phi) is 4.94. The van der Waals surface area contributed by atoms with E-state index in [-0.39, 0.29) is 18.1 Å². The number of H-pyrrole nitrogens is 1. The molecule has 0 saturated carbocycles. The molecule has 4 aromatic rings. The van der Waals surface area contributed by atoms with Crippen molar-refractivity contribution in [3.05, 3.63) is 76.5 Å². The summed E-state index contributed by atoms with van der Waals surface area (Å²) in [5, 5.41) is 9.75. The largest absolute Gasteiger partial charge is 0.485 e. The highest BCUT2D eigenvalue weighted by atomic mass is 19.1. The number of aromatic nitrogens is 4. The molecular formula is C21H19F2N5O2. The zero-order chi connectivity index (χ0) is 21.4. The Morgan fingerprint density at radius 2 is 1.87 bits per heavy atom. The molecule has 0 aliphatic rings. The van der Waals surface area contributed by atoms with E-state index in [1.54, 1.807) is 36.6 Å². The number of anilines is 1. The normalized spacial score (nSPS) is 11.1. The minimum absolute atomic E-state index is 0.174. The lowest BCUT2D eigenvalue weighted by Crippen LogP contribution is -2.16. The topological polar surface area (TPSA) is 84.3 Å². The number of pyridine rings is 1. The van der Waals surface area contributed by atoms with Crippen molar-refractivity contribution < 1.29 is 18.3 Å². The molecule has 0 saturated heterocycles. The van der Waals surface area contributed by atoms with Crippen molar-refractivity contribution in [2.24, 2.45) is 0 Å². The fraction of sp³-hybridized carbons (Fsp3) is 0.190. The summed E-state index contributed by atoms with van der Waals surface area (Å²) in [4.78, 5) is 17.4. The number of rotatable bonds is 5. The van der Waals surface area contributed by atoms with E-state index in [2.05, 4.69) is 20.5 Å². The van der Waals surface area contributed by atoms with Crippen LogP contribution in [0.2, 0.25) is 0 Å². The van der Waals surface area contributed by atoms with Crippen LogP contribution in [0.5, 0.6) is 5.75 Å². The number of benzene rings is 1. The van der Waals surface area contributed by atoms with E-state index in [9.17, 15) is 13.6 Å². The molecule has 0 fully saturated rings. The number of ether oxygens (including phenoxy) is 1. The van der Waals surface area contributed by atoms with E-state index in [1.807, 2.05) is 6.92 Å². The Morgan fingerprint density at radius 1 is 1.13 bits per heavy atom. The summed E-state index contributed by atoms with van der Waals surface area (Å²) in [6, 6.07) is 6.94. The van der Waals surface area contributed by atoms with Crippen LogP contribution in [0.4, 0.5) is 14.5 Å². The van der Waals surface area contributed by atoms with E-state index < -0.39 is 11.6 Å². The van der Waals surface area contributed by atoms with Gasteiger partial charge in [-0.25, -0.2) is 13.8 Å². The van der Waals surface area contributed by atoms with Gasteiger partial charge in [0.05, 0.1) is 28.3 Å². The SMILES string of the molecule is Cc1n[nH]c(C)c1NC(=O)c1c(C)nc2c(OCc3c(F)cccc3F)cccn12. The van der Waals surface area contributed by atoms with Crippen LogP contribution >= 0.6 is 0 Å². The predicted octanol–water partition coefficient (Wildman–Crippen LogP) is 4.09. The number of nitrogens with zero attached hydrogens (tertiary/aromatic N) is 3. The van der Waals surface area contributed by atoms with Crippen LogP contribution in [-0.4, -0.2) is 25.5 Å². The van der Waals surface area contributed by atoms with Gasteiger partial charge in [-0.3, -0.25) is 14.3 Å². The van der Waals surface area contributed by atoms with Crippen LogP contribution in [0.15, 0.2) is 36.5 Å². The van der Waals surface area contributed by atoms with Crippen molar-refractivity contribution in [1.82, 2.24) is 19.6 Å². The lowest BCUT2D eigenvalue weighted by molar-refractivity contribution is 0.102. The number of nitrogens with one attached hydrogen (secondary N) is 2. The molecule has 154 valence electrons. The molecule has 4 rings (SSSR count). The Morgan fingerprint density at radius 3 is 2.53 bits per heavy atom. The van der Waals surface area contributed by atoms with Crippen molar-refractivity contribution in [1.29, 1.82) is 0 Å². The first-order chi connectivity index (χ1) is 14.4. The summed E-state index contributed by atoms with van der Waals surface area (Å²) in [6.45, 7) is 5.00. The third-order valence-electron chi connectivity index (χ3n) is 4.80. The van der Waals surface area contributed by atoms with Crippen molar-refractivity contribution in [2.45, 2.75) is 27.4 Å². The van der Waals surface area contributed by atoms with Crippen LogP contribution in [0.3, 0.4) is 0 Å². The number of halogens is 2. The van der Waals surface area contributed by atoms with Crippen molar-refractivity contribution in [3.63, 3.8) is 0 Å². The molecular weight excluding hydrogens is 392 g/mol. The number of carbonyl (C=O) groups is 1. The number of aryl methyl sites for hydroxylation is 3. The Hall–Kier alpha value is -3.75. The molecule has 0 atom stereocenters. The minimum Gasteiger partial charge on any atom is -0.485 e. The third-order valence-corrected chi connectivity index (χ3v) is 4.80. The monoisotopic (exact) mass is 411 g/mol. The maximum atomic E-state index is 13.9. The van der Waals surface area contributed by atoms with Crippen molar-refractivity contribution in [3.8, 4) is 5.75 Å². The van der Waals surface area contributed by atoms with Crippen LogP contribution in [0.1, 0.15) is 33.1 Å². The van der Waals surface area contributed by atoms with Crippen LogP contribution in [0.25, 0.3) is 5.65 Å². The number of amides is 1. The number of carbonyl (C=O) groups excluding carboxylic acids is 1. The summed E-state index contributed by atoms with van der Waals surface area (Å²) in [5.74, 6) is -1.43. The first-order valence-electron chi connectivity index (χ1n) is 9.23. The molecule has 9 heteroatoms. The number of hydrogen-bond acceptors (Lipinski definition) is 4. The van der Waals surface area contributed by atoms with Gasteiger partial charge in [-0.15, -0.1) is 0 Å². The van der Waals surface area contributed by atoms with Gasteiger partial charge in [0.1, 0.15) is 23.9 Å². The van der Waals surface area contributed by atoms with E-state index in [0.29, 0.717) is 34.2 Å². The molecule has 1 amide bonds. The highest BCUT2D eigenvalue weighted by Gasteiger charge is 2.21. The lowest BCUT2D eigenvalue weighted by atomic mass is 10.2. The molecule has 0 unspecified atom stereocenters. The molecule has 1 aromatic carbocycles. The first-order valence-corrected chi connectivity index (χ1v) is 9.23. The van der Waals surface area contributed by atoms with Crippen LogP contribution in [0, 0.1) is 32.4 Å². The zero-order valence-corrected chi connectivity index (χ0v) is 16.6. The van der Waals surface area contributed by atoms with Gasteiger partial charge in [-0.2, -0.15) is 5.10 Å². The molecule has 7 nitrogen and oxygen atoms in total. The maximum absolute atomic E-state index is 13.9. The predicted molar refractivity (Wildman–Crippen MR) is 107 cm³/mol. The first kappa shape index (κ1) is 19.6. The summed E-state index contributed by atoms with van der Waals surface area (Å²) in [5.41, 5.74) is 3.03. The number of imidazole rings is 1. The minimum atomic E-state index is -0.688. The molecule has 0 aliphatic carbocycles. The molecule has 3 heterocycles. The van der Waals surface area contributed by atoms with E-state index >= 15 is 0 Å². The quantitative estimate of drug-likeness (QED) is 0.518. The molecule has 0 radical (unpaired) electrons. The highest BCUT2D eigenvalue weighted by Crippen LogP contribution is 2.25. The number of hydrogen-bond donors (Lipinski definition) is 2. The average Bonchev–Trinajstić information content (AvgIpc) is 3.21. The fourth-order valence-electron chi connectivity index (χ4n) is 3.27. The Balaban J connectivity index is 1.66. The molecule has 2 N–H and O–H groups in total. The van der Waals surface area contributed by atoms with Gasteiger partial charge >= 0.3 is 0 Å². The summed E-state index contributed by atoms with van der Waals surface area (Å²) >= 11 is 0. The van der Waals surface area contributed by atoms with Gasteiger partial charge in [0.2, 0.25) is 0 Å². The van der Waals surface area contributed by atoms with Crippen molar-refractivity contribution >= 4 is 17.2 Å². The van der Waals surface area contributed by atoms with E-state index in [4.69, 9.17) is 4.74 Å². The van der Waals surface area contributed by atoms with E-state index in [1.165, 1.54) is 18.2 Å². The average molecular weight is 411 g/mol. The van der Waals surface area contributed by atoms with Gasteiger partial charge in [0.25, 0.3) is 5.91 Å². The molecule has 0 aliphatic heterocycles. The van der Waals surface area contributed by atoms with Crippen LogP contribution in [-0.2, 0) is 6.61 Å². The van der Waals surface area contributed by atoms with Gasteiger partial charge in [0.15, 0.2) is 11.4 Å². The highest BCUT2D eigenvalue weighted by molar-refractivity contribution is 6.05. The summed E-state index contributed by atoms with van der Waals surface area (Å²) in [7, 11) is 0.